The van der Waals surface area contributed by atoms with Crippen molar-refractivity contribution >= 4 is 12.1 Å². The van der Waals surface area contributed by atoms with Crippen LogP contribution < -0.4 is 4.74 Å². The Morgan fingerprint density at radius 1 is 1.13 bits per heavy atom. The molecular formula is C17H23NO5. The van der Waals surface area contributed by atoms with Gasteiger partial charge in [-0.3, -0.25) is 0 Å². The molecule has 0 atom stereocenters. The van der Waals surface area contributed by atoms with Crippen LogP contribution in [0.1, 0.15) is 42.3 Å². The van der Waals surface area contributed by atoms with Crippen molar-refractivity contribution in [2.45, 2.75) is 39.3 Å². The number of hydrogen-bond acceptors (Lipinski definition) is 5. The van der Waals surface area contributed by atoms with Crippen LogP contribution in [0.3, 0.4) is 0 Å². The van der Waals surface area contributed by atoms with Crippen molar-refractivity contribution in [2.24, 2.45) is 0 Å². The first-order valence-corrected chi connectivity index (χ1v) is 7.51. The summed E-state index contributed by atoms with van der Waals surface area (Å²) in [6, 6.07) is 3.57. The number of methoxy groups -OCH3 is 2. The molecule has 1 aromatic carbocycles. The fourth-order valence-corrected chi connectivity index (χ4v) is 2.51. The zero-order chi connectivity index (χ0) is 17.2. The first kappa shape index (κ1) is 17.1. The molecule has 0 fully saturated rings. The van der Waals surface area contributed by atoms with E-state index in [0.717, 1.165) is 11.1 Å². The molecule has 0 saturated carbocycles. The van der Waals surface area contributed by atoms with E-state index in [0.29, 0.717) is 30.8 Å². The lowest BCUT2D eigenvalue weighted by molar-refractivity contribution is 0.0223. The number of esters is 1. The number of nitrogens with zero attached hydrogens (tertiary/aromatic N) is 1. The summed E-state index contributed by atoms with van der Waals surface area (Å²) in [4.78, 5) is 25.7. The summed E-state index contributed by atoms with van der Waals surface area (Å²) in [7, 11) is 2.84. The number of hydrogen-bond donors (Lipinski definition) is 0. The molecule has 126 valence electrons. The van der Waals surface area contributed by atoms with Crippen molar-refractivity contribution in [3.8, 4) is 5.75 Å². The van der Waals surface area contributed by atoms with Gasteiger partial charge >= 0.3 is 12.1 Å². The maximum atomic E-state index is 12.2. The zero-order valence-electron chi connectivity index (χ0n) is 14.3. The Morgan fingerprint density at radius 3 is 2.39 bits per heavy atom. The average molecular weight is 321 g/mol. The minimum absolute atomic E-state index is 0.334. The van der Waals surface area contributed by atoms with E-state index < -0.39 is 11.6 Å². The van der Waals surface area contributed by atoms with Gasteiger partial charge in [0.05, 0.1) is 14.2 Å². The van der Waals surface area contributed by atoms with E-state index in [9.17, 15) is 9.59 Å². The summed E-state index contributed by atoms with van der Waals surface area (Å²) in [6.07, 6.45) is 0.321. The molecule has 1 heterocycles. The quantitative estimate of drug-likeness (QED) is 0.784. The van der Waals surface area contributed by atoms with E-state index in [1.54, 1.807) is 17.0 Å². The van der Waals surface area contributed by atoms with Crippen molar-refractivity contribution < 1.29 is 23.8 Å². The van der Waals surface area contributed by atoms with Crippen molar-refractivity contribution in [1.82, 2.24) is 4.90 Å². The molecule has 0 aromatic heterocycles. The second-order valence-electron chi connectivity index (χ2n) is 6.46. The van der Waals surface area contributed by atoms with Crippen molar-refractivity contribution in [3.63, 3.8) is 0 Å². The van der Waals surface area contributed by atoms with Gasteiger partial charge in [0.15, 0.2) is 0 Å². The fraction of sp³-hybridized carbons (Fsp3) is 0.529. The third kappa shape index (κ3) is 3.94. The van der Waals surface area contributed by atoms with Crippen LogP contribution in [0.2, 0.25) is 0 Å². The third-order valence-corrected chi connectivity index (χ3v) is 3.59. The van der Waals surface area contributed by atoms with Crippen LogP contribution in [0.15, 0.2) is 12.1 Å². The van der Waals surface area contributed by atoms with Crippen molar-refractivity contribution in [2.75, 3.05) is 20.8 Å². The standard InChI is InChI=1S/C17H23NO5/c1-17(2,3)23-16(20)18-7-6-11-8-13(15(19)22-5)14(21-4)9-12(11)10-18/h8-9H,6-7,10H2,1-5H3. The molecule has 2 rings (SSSR count). The van der Waals surface area contributed by atoms with Crippen molar-refractivity contribution in [1.29, 1.82) is 0 Å². The molecule has 0 radical (unpaired) electrons. The highest BCUT2D eigenvalue weighted by molar-refractivity contribution is 5.93. The molecule has 0 unspecified atom stereocenters. The summed E-state index contributed by atoms with van der Waals surface area (Å²) in [5, 5.41) is 0. The first-order chi connectivity index (χ1) is 10.7. The van der Waals surface area contributed by atoms with E-state index >= 15 is 0 Å². The van der Waals surface area contributed by atoms with Crippen LogP contribution in [-0.4, -0.2) is 43.3 Å². The van der Waals surface area contributed by atoms with Gasteiger partial charge in [-0.1, -0.05) is 0 Å². The van der Waals surface area contributed by atoms with E-state index in [1.165, 1.54) is 14.2 Å². The van der Waals surface area contributed by atoms with Crippen LogP contribution >= 0.6 is 0 Å². The second-order valence-corrected chi connectivity index (χ2v) is 6.46. The first-order valence-electron chi connectivity index (χ1n) is 7.51. The van der Waals surface area contributed by atoms with Crippen molar-refractivity contribution in [3.05, 3.63) is 28.8 Å². The zero-order valence-corrected chi connectivity index (χ0v) is 14.3. The molecule has 1 aliphatic rings. The lowest BCUT2D eigenvalue weighted by atomic mass is 9.96. The summed E-state index contributed by atoms with van der Waals surface area (Å²) in [6.45, 7) is 6.51. The number of benzene rings is 1. The minimum atomic E-state index is -0.524. The Morgan fingerprint density at radius 2 is 1.83 bits per heavy atom. The SMILES string of the molecule is COC(=O)c1cc2c(cc1OC)CN(C(=O)OC(C)(C)C)CC2. The lowest BCUT2D eigenvalue weighted by Crippen LogP contribution is -2.40. The van der Waals surface area contributed by atoms with Gasteiger partial charge in [0.1, 0.15) is 16.9 Å². The van der Waals surface area contributed by atoms with Gasteiger partial charge in [-0.25, -0.2) is 9.59 Å². The highest BCUT2D eigenvalue weighted by Gasteiger charge is 2.27. The molecule has 1 amide bonds. The summed E-state index contributed by atoms with van der Waals surface area (Å²) < 4.78 is 15.5. The Hall–Kier alpha value is -2.24. The van der Waals surface area contributed by atoms with Gasteiger partial charge in [0.2, 0.25) is 0 Å². The summed E-state index contributed by atoms with van der Waals surface area (Å²) >= 11 is 0. The number of fused-ring (bicyclic) bond motifs is 1. The summed E-state index contributed by atoms with van der Waals surface area (Å²) in [5.74, 6) is 0.0147. The van der Waals surface area contributed by atoms with E-state index in [4.69, 9.17) is 14.2 Å². The molecule has 0 bridgehead atoms. The largest absolute Gasteiger partial charge is 0.496 e. The minimum Gasteiger partial charge on any atom is -0.496 e. The lowest BCUT2D eigenvalue weighted by Gasteiger charge is -2.31. The number of rotatable bonds is 2. The van der Waals surface area contributed by atoms with Crippen LogP contribution in [-0.2, 0) is 22.4 Å². The van der Waals surface area contributed by atoms with Gasteiger partial charge < -0.3 is 19.1 Å². The normalized spacial score (nSPS) is 14.0. The van der Waals surface area contributed by atoms with Crippen LogP contribution in [0.25, 0.3) is 0 Å². The maximum absolute atomic E-state index is 12.2. The van der Waals surface area contributed by atoms with E-state index in [-0.39, 0.29) is 6.09 Å². The Balaban J connectivity index is 2.24. The maximum Gasteiger partial charge on any atom is 0.410 e. The molecule has 6 heteroatoms. The van der Waals surface area contributed by atoms with Gasteiger partial charge in [0, 0.05) is 13.1 Å². The molecular weight excluding hydrogens is 298 g/mol. The summed E-state index contributed by atoms with van der Waals surface area (Å²) in [5.41, 5.74) is 1.85. The number of ether oxygens (including phenoxy) is 3. The topological polar surface area (TPSA) is 65.1 Å². The molecule has 1 aliphatic heterocycles. The van der Waals surface area contributed by atoms with Gasteiger partial charge in [-0.05, 0) is 50.5 Å². The Labute approximate surface area is 136 Å². The number of carbonyl (C=O) groups is 2. The predicted molar refractivity (Wildman–Crippen MR) is 84.7 cm³/mol. The van der Waals surface area contributed by atoms with E-state index in [1.807, 2.05) is 20.8 Å². The van der Waals surface area contributed by atoms with E-state index in [2.05, 4.69) is 0 Å². The number of amides is 1. The van der Waals surface area contributed by atoms with Gasteiger partial charge in [-0.15, -0.1) is 0 Å². The molecule has 0 spiro atoms. The van der Waals surface area contributed by atoms with Crippen LogP contribution in [0, 0.1) is 0 Å². The van der Waals surface area contributed by atoms with Crippen LogP contribution in [0.4, 0.5) is 4.79 Å². The fourth-order valence-electron chi connectivity index (χ4n) is 2.51. The molecule has 23 heavy (non-hydrogen) atoms. The molecule has 0 N–H and O–H groups in total. The highest BCUT2D eigenvalue weighted by atomic mass is 16.6. The molecule has 0 aliphatic carbocycles. The Bertz CT molecular complexity index is 618. The van der Waals surface area contributed by atoms with Crippen LogP contribution in [0.5, 0.6) is 5.75 Å². The molecule has 1 aromatic rings. The molecule has 0 saturated heterocycles. The monoisotopic (exact) mass is 321 g/mol. The Kier molecular flexibility index (Phi) is 4.82. The molecule has 6 nitrogen and oxygen atoms in total. The van der Waals surface area contributed by atoms with Gasteiger partial charge in [0.25, 0.3) is 0 Å². The smallest absolute Gasteiger partial charge is 0.410 e. The predicted octanol–water partition coefficient (Wildman–Crippen LogP) is 2.78. The third-order valence-electron chi connectivity index (χ3n) is 3.59. The number of carbonyl (C=O) groups excluding carboxylic acids is 2. The highest BCUT2D eigenvalue weighted by Crippen LogP contribution is 2.29. The van der Waals surface area contributed by atoms with Gasteiger partial charge in [-0.2, -0.15) is 0 Å². The second kappa shape index (κ2) is 6.48. The average Bonchev–Trinajstić information content (AvgIpc) is 2.50.